The summed E-state index contributed by atoms with van der Waals surface area (Å²) in [6, 6.07) is 10.3. The summed E-state index contributed by atoms with van der Waals surface area (Å²) < 4.78 is 3.65. The Balaban J connectivity index is 1.72. The Kier molecular flexibility index (Phi) is 4.78. The molecule has 0 radical (unpaired) electrons. The largest absolute Gasteiger partial charge is 0.298 e. The molecule has 0 aliphatic heterocycles. The molecule has 5 nitrogen and oxygen atoms in total. The summed E-state index contributed by atoms with van der Waals surface area (Å²) in [5.74, 6) is 2.59. The predicted molar refractivity (Wildman–Crippen MR) is 94.9 cm³/mol. The van der Waals surface area contributed by atoms with E-state index in [-0.39, 0.29) is 0 Å². The van der Waals surface area contributed by atoms with E-state index >= 15 is 0 Å². The van der Waals surface area contributed by atoms with Crippen molar-refractivity contribution < 1.29 is 0 Å². The maximum Gasteiger partial charge on any atom is 0.101 e. The molecule has 0 aliphatic rings. The first-order valence-corrected chi connectivity index (χ1v) is 7.87. The first kappa shape index (κ1) is 16.0. The third-order valence-electron chi connectivity index (χ3n) is 3.78. The lowest BCUT2D eigenvalue weighted by molar-refractivity contribution is 0.319. The first-order chi connectivity index (χ1) is 11.7. The Morgan fingerprint density at radius 1 is 1.17 bits per heavy atom. The molecule has 0 atom stereocenters. The third-order valence-corrected chi connectivity index (χ3v) is 3.78. The number of aromatic nitrogens is 4. The van der Waals surface area contributed by atoms with Gasteiger partial charge in [0.2, 0.25) is 0 Å². The Morgan fingerprint density at radius 2 is 1.96 bits per heavy atom. The first-order valence-electron chi connectivity index (χ1n) is 7.87. The molecule has 0 amide bonds. The van der Waals surface area contributed by atoms with Crippen molar-refractivity contribution in [2.45, 2.75) is 19.6 Å². The van der Waals surface area contributed by atoms with Gasteiger partial charge in [-0.3, -0.25) is 14.3 Å². The van der Waals surface area contributed by atoms with Crippen molar-refractivity contribution in [2.75, 3.05) is 7.05 Å². The third kappa shape index (κ3) is 3.73. The monoisotopic (exact) mass is 319 g/mol. The van der Waals surface area contributed by atoms with Crippen LogP contribution >= 0.6 is 0 Å². The molecule has 5 heteroatoms. The standard InChI is InChI=1S/C19H21N5/c1-4-10-24-13-16(11-20-24)12-22(2)14-18-15-23(3)21-19(18)17-8-6-5-7-9-17/h1,5-9,11,13,15H,10,12,14H2,2-3H3. The number of hydrogen-bond donors (Lipinski definition) is 0. The van der Waals surface area contributed by atoms with Crippen LogP contribution in [0.5, 0.6) is 0 Å². The van der Waals surface area contributed by atoms with Crippen LogP contribution in [0.1, 0.15) is 11.1 Å². The number of benzene rings is 1. The van der Waals surface area contributed by atoms with Crippen molar-refractivity contribution in [1.29, 1.82) is 0 Å². The Hall–Kier alpha value is -2.84. The summed E-state index contributed by atoms with van der Waals surface area (Å²) in [6.45, 7) is 2.14. The molecule has 122 valence electrons. The van der Waals surface area contributed by atoms with Crippen molar-refractivity contribution in [1.82, 2.24) is 24.5 Å². The Bertz CT molecular complexity index is 838. The summed E-state index contributed by atoms with van der Waals surface area (Å²) in [5.41, 5.74) is 4.54. The molecule has 3 rings (SSSR count). The number of aryl methyl sites for hydroxylation is 1. The smallest absolute Gasteiger partial charge is 0.101 e. The highest BCUT2D eigenvalue weighted by Crippen LogP contribution is 2.23. The van der Waals surface area contributed by atoms with Gasteiger partial charge in [-0.1, -0.05) is 36.3 Å². The van der Waals surface area contributed by atoms with Gasteiger partial charge in [0.25, 0.3) is 0 Å². The van der Waals surface area contributed by atoms with E-state index in [0.29, 0.717) is 6.54 Å². The van der Waals surface area contributed by atoms with E-state index in [2.05, 4.69) is 46.4 Å². The van der Waals surface area contributed by atoms with Gasteiger partial charge in [0.05, 0.1) is 11.9 Å². The highest BCUT2D eigenvalue weighted by molar-refractivity contribution is 5.62. The zero-order chi connectivity index (χ0) is 16.9. The second-order valence-electron chi connectivity index (χ2n) is 5.97. The molecule has 0 bridgehead atoms. The van der Waals surface area contributed by atoms with Gasteiger partial charge in [-0.2, -0.15) is 10.2 Å². The molecule has 2 heterocycles. The maximum absolute atomic E-state index is 5.32. The van der Waals surface area contributed by atoms with Gasteiger partial charge < -0.3 is 0 Å². The number of terminal acetylenes is 1. The van der Waals surface area contributed by atoms with Crippen molar-refractivity contribution in [3.05, 3.63) is 60.0 Å². The number of nitrogens with zero attached hydrogens (tertiary/aromatic N) is 5. The van der Waals surface area contributed by atoms with Crippen molar-refractivity contribution in [3.63, 3.8) is 0 Å². The van der Waals surface area contributed by atoms with E-state index < -0.39 is 0 Å². The molecule has 0 N–H and O–H groups in total. The molecule has 0 saturated carbocycles. The fourth-order valence-corrected chi connectivity index (χ4v) is 2.82. The zero-order valence-electron chi connectivity index (χ0n) is 14.1. The van der Waals surface area contributed by atoms with Crippen LogP contribution in [0.4, 0.5) is 0 Å². The van der Waals surface area contributed by atoms with Crippen LogP contribution in [0.15, 0.2) is 48.9 Å². The van der Waals surface area contributed by atoms with Gasteiger partial charge in [-0.05, 0) is 7.05 Å². The molecule has 0 fully saturated rings. The predicted octanol–water partition coefficient (Wildman–Crippen LogP) is 2.55. The van der Waals surface area contributed by atoms with Crippen LogP contribution in [-0.4, -0.2) is 31.5 Å². The fraction of sp³-hybridized carbons (Fsp3) is 0.263. The fourth-order valence-electron chi connectivity index (χ4n) is 2.82. The Morgan fingerprint density at radius 3 is 2.71 bits per heavy atom. The molecular weight excluding hydrogens is 298 g/mol. The summed E-state index contributed by atoms with van der Waals surface area (Å²) in [4.78, 5) is 2.25. The molecule has 2 aromatic heterocycles. The molecule has 1 aromatic carbocycles. The van der Waals surface area contributed by atoms with E-state index in [0.717, 1.165) is 29.9 Å². The lowest BCUT2D eigenvalue weighted by atomic mass is 10.1. The zero-order valence-corrected chi connectivity index (χ0v) is 14.1. The van der Waals surface area contributed by atoms with Gasteiger partial charge in [-0.25, -0.2) is 0 Å². The SMILES string of the molecule is C#CCn1cc(CN(C)Cc2cn(C)nc2-c2ccccc2)cn1. The number of rotatable bonds is 6. The minimum absolute atomic E-state index is 0.504. The van der Waals surface area contributed by atoms with Gasteiger partial charge in [0, 0.05) is 49.2 Å². The van der Waals surface area contributed by atoms with Crippen molar-refractivity contribution >= 4 is 0 Å². The minimum atomic E-state index is 0.504. The van der Waals surface area contributed by atoms with Crippen LogP contribution in [0.2, 0.25) is 0 Å². The molecule has 0 aliphatic carbocycles. The normalized spacial score (nSPS) is 10.9. The summed E-state index contributed by atoms with van der Waals surface area (Å²) >= 11 is 0. The van der Waals surface area contributed by atoms with Gasteiger partial charge in [-0.15, -0.1) is 6.42 Å². The van der Waals surface area contributed by atoms with Crippen molar-refractivity contribution in [2.24, 2.45) is 7.05 Å². The highest BCUT2D eigenvalue weighted by Gasteiger charge is 2.12. The molecule has 0 saturated heterocycles. The molecule has 24 heavy (non-hydrogen) atoms. The molecule has 3 aromatic rings. The van der Waals surface area contributed by atoms with Crippen LogP contribution < -0.4 is 0 Å². The van der Waals surface area contributed by atoms with Crippen LogP contribution in [0.3, 0.4) is 0 Å². The van der Waals surface area contributed by atoms with Gasteiger partial charge >= 0.3 is 0 Å². The van der Waals surface area contributed by atoms with Crippen LogP contribution in [0, 0.1) is 12.3 Å². The topological polar surface area (TPSA) is 38.9 Å². The van der Waals surface area contributed by atoms with Crippen LogP contribution in [0.25, 0.3) is 11.3 Å². The van der Waals surface area contributed by atoms with E-state index in [1.54, 1.807) is 4.68 Å². The lowest BCUT2D eigenvalue weighted by Gasteiger charge is -2.15. The quantitative estimate of drug-likeness (QED) is 0.656. The van der Waals surface area contributed by atoms with E-state index in [9.17, 15) is 0 Å². The lowest BCUT2D eigenvalue weighted by Crippen LogP contribution is -2.17. The summed E-state index contributed by atoms with van der Waals surface area (Å²) in [6.07, 6.45) is 11.3. The Labute approximate surface area is 142 Å². The van der Waals surface area contributed by atoms with Crippen LogP contribution in [-0.2, 0) is 26.7 Å². The van der Waals surface area contributed by atoms with Crippen molar-refractivity contribution in [3.8, 4) is 23.6 Å². The average Bonchev–Trinajstić information content (AvgIpc) is 3.15. The van der Waals surface area contributed by atoms with Gasteiger partial charge in [0.15, 0.2) is 0 Å². The molecular formula is C19H21N5. The highest BCUT2D eigenvalue weighted by atomic mass is 15.3. The second kappa shape index (κ2) is 7.16. The molecule has 0 spiro atoms. The summed E-state index contributed by atoms with van der Waals surface area (Å²) in [5, 5.41) is 8.89. The number of hydrogen-bond acceptors (Lipinski definition) is 3. The molecule has 0 unspecified atom stereocenters. The van der Waals surface area contributed by atoms with E-state index in [1.807, 2.05) is 42.3 Å². The van der Waals surface area contributed by atoms with Gasteiger partial charge in [0.1, 0.15) is 6.54 Å². The summed E-state index contributed by atoms with van der Waals surface area (Å²) in [7, 11) is 4.06. The maximum atomic E-state index is 5.32. The average molecular weight is 319 g/mol. The minimum Gasteiger partial charge on any atom is -0.298 e. The van der Waals surface area contributed by atoms with E-state index in [1.165, 1.54) is 5.56 Å². The van der Waals surface area contributed by atoms with E-state index in [4.69, 9.17) is 6.42 Å². The second-order valence-corrected chi connectivity index (χ2v) is 5.97.